The van der Waals surface area contributed by atoms with Gasteiger partial charge in [0.1, 0.15) is 5.58 Å². The second-order valence-corrected chi connectivity index (χ2v) is 8.75. The molecule has 3 aromatic heterocycles. The van der Waals surface area contributed by atoms with E-state index in [1.165, 1.54) is 31.2 Å². The minimum Gasteiger partial charge on any atom is -0.438 e. The van der Waals surface area contributed by atoms with Crippen molar-refractivity contribution in [1.29, 1.82) is 0 Å². The molecule has 0 aliphatic heterocycles. The number of nitrogens with zero attached hydrogens (tertiary/aromatic N) is 2. The fourth-order valence-corrected chi connectivity index (χ4v) is 4.78. The number of aromatic nitrogens is 2. The predicted octanol–water partition coefficient (Wildman–Crippen LogP) is 6.82. The van der Waals surface area contributed by atoms with Crippen LogP contribution in [0.3, 0.4) is 0 Å². The molecule has 1 aliphatic carbocycles. The molecule has 1 saturated carbocycles. The van der Waals surface area contributed by atoms with Crippen molar-refractivity contribution in [2.75, 3.05) is 0 Å². The average Bonchev–Trinajstić information content (AvgIpc) is 3.35. The molecule has 0 radical (unpaired) electrons. The summed E-state index contributed by atoms with van der Waals surface area (Å²) in [6.07, 6.45) is 7.35. The summed E-state index contributed by atoms with van der Waals surface area (Å²) in [5.74, 6) is 0.759. The third kappa shape index (κ3) is 2.81. The van der Waals surface area contributed by atoms with Crippen molar-refractivity contribution in [3.05, 3.63) is 59.9 Å². The van der Waals surface area contributed by atoms with Crippen molar-refractivity contribution < 1.29 is 4.42 Å². The lowest BCUT2D eigenvalue weighted by molar-refractivity contribution is 0.325. The summed E-state index contributed by atoms with van der Waals surface area (Å²) in [5, 5.41) is 2.17. The molecule has 28 heavy (non-hydrogen) atoms. The van der Waals surface area contributed by atoms with E-state index < -0.39 is 0 Å². The Morgan fingerprint density at radius 1 is 0.964 bits per heavy atom. The number of pyridine rings is 2. The van der Waals surface area contributed by atoms with E-state index in [1.807, 2.05) is 19.2 Å². The van der Waals surface area contributed by atoms with Gasteiger partial charge in [-0.05, 0) is 73.1 Å². The van der Waals surface area contributed by atoms with Crippen LogP contribution in [0.25, 0.3) is 33.3 Å². The van der Waals surface area contributed by atoms with E-state index in [1.54, 1.807) is 0 Å². The molecule has 0 unspecified atom stereocenters. The molecule has 0 atom stereocenters. The van der Waals surface area contributed by atoms with Gasteiger partial charge in [-0.1, -0.05) is 32.8 Å². The molecule has 3 nitrogen and oxygen atoms in total. The second kappa shape index (κ2) is 6.44. The Kier molecular flexibility index (Phi) is 4.01. The second-order valence-electron chi connectivity index (χ2n) is 8.75. The SMILES string of the molecule is Cc1ccc2c(n1)oc1cc(-c3cc(C(C)(C)C4CCCC4)ccn3)ccc12. The summed E-state index contributed by atoms with van der Waals surface area (Å²) in [5.41, 5.74) is 6.20. The first-order chi connectivity index (χ1) is 13.5. The summed E-state index contributed by atoms with van der Waals surface area (Å²) in [6.45, 7) is 6.76. The summed E-state index contributed by atoms with van der Waals surface area (Å²) in [4.78, 5) is 9.19. The number of rotatable bonds is 3. The van der Waals surface area contributed by atoms with Crippen LogP contribution in [0.1, 0.15) is 50.8 Å². The van der Waals surface area contributed by atoms with E-state index in [0.29, 0.717) is 5.71 Å². The van der Waals surface area contributed by atoms with Gasteiger partial charge < -0.3 is 4.42 Å². The summed E-state index contributed by atoms with van der Waals surface area (Å²) in [6, 6.07) is 14.9. The minimum atomic E-state index is 0.180. The van der Waals surface area contributed by atoms with E-state index in [-0.39, 0.29) is 5.41 Å². The maximum Gasteiger partial charge on any atom is 0.227 e. The van der Waals surface area contributed by atoms with Gasteiger partial charge in [0.25, 0.3) is 0 Å². The van der Waals surface area contributed by atoms with Crippen LogP contribution in [0, 0.1) is 12.8 Å². The van der Waals surface area contributed by atoms with Gasteiger partial charge in [0, 0.05) is 28.2 Å². The molecule has 0 saturated heterocycles. The van der Waals surface area contributed by atoms with Gasteiger partial charge in [0.05, 0.1) is 5.69 Å². The number of hydrogen-bond acceptors (Lipinski definition) is 3. The molecule has 5 rings (SSSR count). The number of aryl methyl sites for hydroxylation is 1. The monoisotopic (exact) mass is 370 g/mol. The minimum absolute atomic E-state index is 0.180. The van der Waals surface area contributed by atoms with Crippen molar-refractivity contribution in [1.82, 2.24) is 9.97 Å². The molecule has 1 fully saturated rings. The molecule has 1 aromatic carbocycles. The molecular weight excluding hydrogens is 344 g/mol. The van der Waals surface area contributed by atoms with Crippen LogP contribution in [0.5, 0.6) is 0 Å². The Balaban J connectivity index is 1.57. The van der Waals surface area contributed by atoms with Crippen LogP contribution < -0.4 is 0 Å². The first-order valence-corrected chi connectivity index (χ1v) is 10.3. The molecule has 0 spiro atoms. The summed E-state index contributed by atoms with van der Waals surface area (Å²) >= 11 is 0. The van der Waals surface area contributed by atoms with Crippen LogP contribution >= 0.6 is 0 Å². The highest BCUT2D eigenvalue weighted by Gasteiger charge is 2.33. The number of furan rings is 1. The van der Waals surface area contributed by atoms with E-state index in [0.717, 1.165) is 39.2 Å². The molecule has 3 heteroatoms. The van der Waals surface area contributed by atoms with Crippen LogP contribution in [0.4, 0.5) is 0 Å². The highest BCUT2D eigenvalue weighted by Crippen LogP contribution is 2.42. The first kappa shape index (κ1) is 17.4. The maximum absolute atomic E-state index is 6.04. The van der Waals surface area contributed by atoms with Gasteiger partial charge >= 0.3 is 0 Å². The first-order valence-electron chi connectivity index (χ1n) is 10.3. The topological polar surface area (TPSA) is 38.9 Å². The van der Waals surface area contributed by atoms with Crippen LogP contribution in [0.2, 0.25) is 0 Å². The molecule has 1 aliphatic rings. The Morgan fingerprint density at radius 2 is 1.75 bits per heavy atom. The van der Waals surface area contributed by atoms with Crippen LogP contribution in [0.15, 0.2) is 53.1 Å². The van der Waals surface area contributed by atoms with Gasteiger partial charge in [-0.15, -0.1) is 0 Å². The van der Waals surface area contributed by atoms with Crippen molar-refractivity contribution in [2.45, 2.75) is 51.9 Å². The van der Waals surface area contributed by atoms with Gasteiger partial charge in [0.2, 0.25) is 5.71 Å². The number of benzene rings is 1. The van der Waals surface area contributed by atoms with Gasteiger partial charge in [0.15, 0.2) is 0 Å². The molecule has 142 valence electrons. The zero-order valence-electron chi connectivity index (χ0n) is 16.8. The fourth-order valence-electron chi connectivity index (χ4n) is 4.78. The lowest BCUT2D eigenvalue weighted by Gasteiger charge is -2.32. The Morgan fingerprint density at radius 3 is 2.57 bits per heavy atom. The molecule has 0 amide bonds. The van der Waals surface area contributed by atoms with Crippen molar-refractivity contribution >= 4 is 22.1 Å². The van der Waals surface area contributed by atoms with Crippen molar-refractivity contribution in [2.24, 2.45) is 5.92 Å². The predicted molar refractivity (Wildman–Crippen MR) is 114 cm³/mol. The largest absolute Gasteiger partial charge is 0.438 e. The Hall–Kier alpha value is -2.68. The maximum atomic E-state index is 6.04. The van der Waals surface area contributed by atoms with E-state index in [4.69, 9.17) is 4.42 Å². The van der Waals surface area contributed by atoms with E-state index >= 15 is 0 Å². The zero-order chi connectivity index (χ0) is 19.3. The Labute approximate surface area is 165 Å². The van der Waals surface area contributed by atoms with Crippen molar-refractivity contribution in [3.8, 4) is 11.3 Å². The Bertz CT molecular complexity index is 1170. The third-order valence-electron chi connectivity index (χ3n) is 6.65. The standard InChI is InChI=1S/C25H26N2O/c1-16-8-10-21-20-11-9-17(14-23(20)28-24(21)27-16)22-15-19(12-13-26-22)25(2,3)18-6-4-5-7-18/h8-15,18H,4-7H2,1-3H3. The van der Waals surface area contributed by atoms with Crippen LogP contribution in [-0.4, -0.2) is 9.97 Å². The molecule has 0 N–H and O–H groups in total. The van der Waals surface area contributed by atoms with Crippen LogP contribution in [-0.2, 0) is 5.41 Å². The number of hydrogen-bond donors (Lipinski definition) is 0. The third-order valence-corrected chi connectivity index (χ3v) is 6.65. The fraction of sp³-hybridized carbons (Fsp3) is 0.360. The molecule has 3 heterocycles. The molecule has 0 bridgehead atoms. The molecule has 4 aromatic rings. The van der Waals surface area contributed by atoms with Gasteiger partial charge in [-0.2, -0.15) is 0 Å². The van der Waals surface area contributed by atoms with Crippen molar-refractivity contribution in [3.63, 3.8) is 0 Å². The van der Waals surface area contributed by atoms with Gasteiger partial charge in [-0.25, -0.2) is 4.98 Å². The zero-order valence-corrected chi connectivity index (χ0v) is 16.8. The lowest BCUT2D eigenvalue weighted by atomic mass is 9.72. The quantitative estimate of drug-likeness (QED) is 0.397. The van der Waals surface area contributed by atoms with E-state index in [2.05, 4.69) is 60.2 Å². The normalized spacial score (nSPS) is 15.7. The lowest BCUT2D eigenvalue weighted by Crippen LogP contribution is -2.26. The smallest absolute Gasteiger partial charge is 0.227 e. The summed E-state index contributed by atoms with van der Waals surface area (Å²) < 4.78 is 6.04. The highest BCUT2D eigenvalue weighted by molar-refractivity contribution is 6.04. The average molecular weight is 370 g/mol. The number of fused-ring (bicyclic) bond motifs is 3. The summed E-state index contributed by atoms with van der Waals surface area (Å²) in [7, 11) is 0. The molecular formula is C25H26N2O. The van der Waals surface area contributed by atoms with E-state index in [9.17, 15) is 0 Å². The van der Waals surface area contributed by atoms with Gasteiger partial charge in [-0.3, -0.25) is 4.98 Å². The highest BCUT2D eigenvalue weighted by atomic mass is 16.3.